The summed E-state index contributed by atoms with van der Waals surface area (Å²) in [5.41, 5.74) is 3.08. The molecule has 10 nitrogen and oxygen atoms in total. The van der Waals surface area contributed by atoms with E-state index in [1.165, 1.54) is 19.2 Å². The van der Waals surface area contributed by atoms with E-state index in [-0.39, 0.29) is 12.4 Å². The van der Waals surface area contributed by atoms with Crippen LogP contribution in [0, 0.1) is 0 Å². The number of nitrogens with two attached hydrogens (primary N) is 1. The number of nitrogen functional groups attached to an aromatic ring is 1. The highest BCUT2D eigenvalue weighted by atomic mass is 31.2. The van der Waals surface area contributed by atoms with Crippen molar-refractivity contribution in [2.24, 2.45) is 0 Å². The van der Waals surface area contributed by atoms with Crippen LogP contribution in [-0.4, -0.2) is 57.7 Å². The Bertz CT molecular complexity index is 675. The fourth-order valence-corrected chi connectivity index (χ4v) is 2.82. The van der Waals surface area contributed by atoms with Gasteiger partial charge in [0.05, 0.1) is 13.0 Å². The van der Waals surface area contributed by atoms with E-state index in [9.17, 15) is 24.5 Å². The van der Waals surface area contributed by atoms with Crippen LogP contribution in [0.5, 0.6) is 0 Å². The third kappa shape index (κ3) is 3.79. The SMILES string of the molecule is C[C@@]1(n2ccc(N)nc2=O)O[C@H](COCP(C)(=O)[O-])[C@H](O)C1O. The van der Waals surface area contributed by atoms with Gasteiger partial charge >= 0.3 is 5.69 Å². The van der Waals surface area contributed by atoms with Gasteiger partial charge in [0.15, 0.2) is 5.72 Å². The van der Waals surface area contributed by atoms with E-state index < -0.39 is 43.4 Å². The fraction of sp³-hybridized carbons (Fsp3) is 0.667. The van der Waals surface area contributed by atoms with Crippen molar-refractivity contribution in [2.45, 2.75) is 31.0 Å². The normalized spacial score (nSPS) is 33.5. The van der Waals surface area contributed by atoms with Crippen molar-refractivity contribution in [1.29, 1.82) is 0 Å². The van der Waals surface area contributed by atoms with Gasteiger partial charge in [0.1, 0.15) is 24.1 Å². The lowest BCUT2D eigenvalue weighted by Gasteiger charge is -2.29. The molecule has 0 bridgehead atoms. The van der Waals surface area contributed by atoms with Crippen LogP contribution in [0.15, 0.2) is 17.1 Å². The molecule has 130 valence electrons. The molecule has 2 rings (SSSR count). The van der Waals surface area contributed by atoms with Crippen molar-refractivity contribution in [3.8, 4) is 0 Å². The molecule has 1 saturated heterocycles. The lowest BCUT2D eigenvalue weighted by Crippen LogP contribution is -2.48. The second-order valence-electron chi connectivity index (χ2n) is 5.67. The summed E-state index contributed by atoms with van der Waals surface area (Å²) >= 11 is 0. The number of aromatic nitrogens is 2. The number of nitrogens with zero attached hydrogens (tertiary/aromatic N) is 2. The molecule has 1 aromatic heterocycles. The topological polar surface area (TPSA) is 160 Å². The average Bonchev–Trinajstić information content (AvgIpc) is 2.62. The molecule has 5 atom stereocenters. The van der Waals surface area contributed by atoms with Crippen LogP contribution < -0.4 is 16.3 Å². The summed E-state index contributed by atoms with van der Waals surface area (Å²) < 4.78 is 22.6. The van der Waals surface area contributed by atoms with Crippen LogP contribution in [0.1, 0.15) is 6.92 Å². The molecule has 23 heavy (non-hydrogen) atoms. The molecule has 1 fully saturated rings. The first-order valence-corrected chi connectivity index (χ1v) is 9.05. The molecule has 0 aromatic carbocycles. The Morgan fingerprint density at radius 3 is 2.83 bits per heavy atom. The second kappa shape index (κ2) is 6.31. The van der Waals surface area contributed by atoms with Crippen LogP contribution in [-0.2, 0) is 19.8 Å². The second-order valence-corrected chi connectivity index (χ2v) is 7.95. The first-order chi connectivity index (χ1) is 10.5. The van der Waals surface area contributed by atoms with Gasteiger partial charge in [-0.2, -0.15) is 4.98 Å². The number of rotatable bonds is 5. The van der Waals surface area contributed by atoms with Gasteiger partial charge in [0.25, 0.3) is 0 Å². The molecule has 0 saturated carbocycles. The molecule has 0 amide bonds. The van der Waals surface area contributed by atoms with Crippen molar-refractivity contribution < 1.29 is 29.1 Å². The van der Waals surface area contributed by atoms with Gasteiger partial charge in [-0.3, -0.25) is 4.57 Å². The molecule has 11 heteroatoms. The molecule has 0 spiro atoms. The number of aliphatic hydroxyl groups is 2. The molecule has 2 heterocycles. The minimum atomic E-state index is -3.61. The van der Waals surface area contributed by atoms with E-state index in [4.69, 9.17) is 15.2 Å². The van der Waals surface area contributed by atoms with Gasteiger partial charge in [-0.05, 0) is 19.7 Å². The zero-order chi connectivity index (χ0) is 17.4. The highest BCUT2D eigenvalue weighted by molar-refractivity contribution is 7.55. The first-order valence-electron chi connectivity index (χ1n) is 6.79. The molecule has 4 N–H and O–H groups in total. The van der Waals surface area contributed by atoms with E-state index in [0.29, 0.717) is 0 Å². The van der Waals surface area contributed by atoms with Gasteiger partial charge in [-0.15, -0.1) is 0 Å². The number of ether oxygens (including phenoxy) is 2. The Hall–Kier alpha value is -1.29. The minimum Gasteiger partial charge on any atom is -0.798 e. The maximum absolute atomic E-state index is 11.9. The Morgan fingerprint density at radius 1 is 1.61 bits per heavy atom. The van der Waals surface area contributed by atoms with Crippen molar-refractivity contribution in [3.05, 3.63) is 22.7 Å². The number of anilines is 1. The van der Waals surface area contributed by atoms with Crippen molar-refractivity contribution in [1.82, 2.24) is 9.55 Å². The number of hydrogen-bond donors (Lipinski definition) is 3. The zero-order valence-corrected chi connectivity index (χ0v) is 13.6. The van der Waals surface area contributed by atoms with Crippen molar-refractivity contribution >= 4 is 13.2 Å². The van der Waals surface area contributed by atoms with E-state index in [1.807, 2.05) is 0 Å². The molecule has 1 aliphatic heterocycles. The predicted octanol–water partition coefficient (Wildman–Crippen LogP) is -2.14. The third-order valence-electron chi connectivity index (χ3n) is 3.55. The number of aliphatic hydroxyl groups excluding tert-OH is 2. The Morgan fingerprint density at radius 2 is 2.26 bits per heavy atom. The standard InChI is InChI=1S/C12H20N3O7P/c1-12(15-4-3-8(13)14-11(15)18)10(17)9(16)7(22-12)5-21-6-23(2,19)20/h3-4,7,9-10,16-17H,5-6H2,1-2H3,(H,19,20)(H2,13,14,18)/p-1/t7-,9+,10?,12-/m1/s1. The van der Waals surface area contributed by atoms with E-state index in [1.54, 1.807) is 0 Å². The molecular formula is C12H19N3O7P-. The molecule has 1 aliphatic rings. The van der Waals surface area contributed by atoms with Crippen LogP contribution in [0.2, 0.25) is 0 Å². The smallest absolute Gasteiger partial charge is 0.351 e. The lowest BCUT2D eigenvalue weighted by atomic mass is 10.0. The highest BCUT2D eigenvalue weighted by Gasteiger charge is 2.53. The van der Waals surface area contributed by atoms with Crippen LogP contribution in [0.25, 0.3) is 0 Å². The summed E-state index contributed by atoms with van der Waals surface area (Å²) in [7, 11) is -3.61. The molecule has 0 aliphatic carbocycles. The quantitative estimate of drug-likeness (QED) is 0.504. The third-order valence-corrected chi connectivity index (χ3v) is 4.21. The highest BCUT2D eigenvalue weighted by Crippen LogP contribution is 2.35. The van der Waals surface area contributed by atoms with Crippen LogP contribution in [0.4, 0.5) is 5.82 Å². The van der Waals surface area contributed by atoms with Gasteiger partial charge in [0, 0.05) is 13.6 Å². The van der Waals surface area contributed by atoms with E-state index in [0.717, 1.165) is 11.2 Å². The largest absolute Gasteiger partial charge is 0.798 e. The van der Waals surface area contributed by atoms with E-state index in [2.05, 4.69) is 4.98 Å². The molecule has 0 radical (unpaired) electrons. The van der Waals surface area contributed by atoms with Crippen LogP contribution in [0.3, 0.4) is 0 Å². The maximum atomic E-state index is 11.9. The van der Waals surface area contributed by atoms with Gasteiger partial charge < -0.3 is 34.9 Å². The zero-order valence-electron chi connectivity index (χ0n) is 12.7. The maximum Gasteiger partial charge on any atom is 0.351 e. The summed E-state index contributed by atoms with van der Waals surface area (Å²) in [4.78, 5) is 26.5. The first kappa shape index (κ1) is 18.1. The van der Waals surface area contributed by atoms with Crippen LogP contribution >= 0.6 is 7.37 Å². The Labute approximate surface area is 131 Å². The summed E-state index contributed by atoms with van der Waals surface area (Å²) in [5, 5.41) is 20.3. The minimum absolute atomic E-state index is 0.0110. The van der Waals surface area contributed by atoms with Gasteiger partial charge in [-0.1, -0.05) is 0 Å². The molecule has 2 unspecified atom stereocenters. The predicted molar refractivity (Wildman–Crippen MR) is 77.8 cm³/mol. The lowest BCUT2D eigenvalue weighted by molar-refractivity contribution is -0.180. The summed E-state index contributed by atoms with van der Waals surface area (Å²) in [6.45, 7) is 2.17. The van der Waals surface area contributed by atoms with Crippen molar-refractivity contribution in [2.75, 3.05) is 25.4 Å². The summed E-state index contributed by atoms with van der Waals surface area (Å²) in [5.74, 6) is 0.0110. The Kier molecular flexibility index (Phi) is 4.95. The van der Waals surface area contributed by atoms with Crippen molar-refractivity contribution in [3.63, 3.8) is 0 Å². The van der Waals surface area contributed by atoms with E-state index >= 15 is 0 Å². The summed E-state index contributed by atoms with van der Waals surface area (Å²) in [6.07, 6.45) is -3.05. The monoisotopic (exact) mass is 348 g/mol. The van der Waals surface area contributed by atoms with Gasteiger partial charge in [0.2, 0.25) is 0 Å². The van der Waals surface area contributed by atoms with Gasteiger partial charge in [-0.25, -0.2) is 4.79 Å². The Balaban J connectivity index is 2.18. The summed E-state index contributed by atoms with van der Waals surface area (Å²) in [6, 6.07) is 1.35. The number of hydrogen-bond acceptors (Lipinski definition) is 9. The molecule has 1 aromatic rings. The average molecular weight is 348 g/mol. The fourth-order valence-electron chi connectivity index (χ4n) is 2.39. The molecular weight excluding hydrogens is 329 g/mol.